The van der Waals surface area contributed by atoms with E-state index in [1.807, 2.05) is 26.0 Å². The molecule has 5 heteroatoms. The van der Waals surface area contributed by atoms with E-state index in [9.17, 15) is 4.79 Å². The van der Waals surface area contributed by atoms with Crippen LogP contribution in [0, 0.1) is 13.8 Å². The van der Waals surface area contributed by atoms with Gasteiger partial charge in [0.1, 0.15) is 5.75 Å². The van der Waals surface area contributed by atoms with Crippen LogP contribution in [0.1, 0.15) is 39.8 Å². The molecule has 0 bridgehead atoms. The van der Waals surface area contributed by atoms with E-state index in [-0.39, 0.29) is 0 Å². The highest BCUT2D eigenvalue weighted by Gasteiger charge is 2.14. The Hall–Kier alpha value is -3.21. The van der Waals surface area contributed by atoms with Crippen molar-refractivity contribution in [3.63, 3.8) is 0 Å². The number of aromatic nitrogens is 1. The summed E-state index contributed by atoms with van der Waals surface area (Å²) in [7, 11) is 1.37. The molecule has 3 rings (SSSR count). The number of anilines is 1. The van der Waals surface area contributed by atoms with E-state index >= 15 is 0 Å². The van der Waals surface area contributed by atoms with Gasteiger partial charge < -0.3 is 19.8 Å². The highest BCUT2D eigenvalue weighted by molar-refractivity contribution is 5.91. The average molecular weight is 378 g/mol. The first-order chi connectivity index (χ1) is 13.4. The number of carbonyl (C=O) groups excluding carboxylic acids is 1. The Morgan fingerprint density at radius 3 is 2.57 bits per heavy atom. The molecule has 0 atom stereocenters. The zero-order valence-electron chi connectivity index (χ0n) is 16.8. The molecule has 5 nitrogen and oxygen atoms in total. The SMILES string of the molecule is CCOc1ccc(C)cc1Cc1ccc(C)n1-c1cc(N)cc(C(=O)OC)c1. The van der Waals surface area contributed by atoms with Crippen molar-refractivity contribution >= 4 is 11.7 Å². The first kappa shape index (κ1) is 19.5. The van der Waals surface area contributed by atoms with Gasteiger partial charge in [0.05, 0.1) is 19.3 Å². The number of hydrogen-bond donors (Lipinski definition) is 1. The Bertz CT molecular complexity index is 1010. The zero-order valence-corrected chi connectivity index (χ0v) is 16.8. The van der Waals surface area contributed by atoms with E-state index in [4.69, 9.17) is 15.2 Å². The lowest BCUT2D eigenvalue weighted by Crippen LogP contribution is -2.08. The zero-order chi connectivity index (χ0) is 20.3. The Kier molecular flexibility index (Phi) is 5.73. The fourth-order valence-electron chi connectivity index (χ4n) is 3.44. The summed E-state index contributed by atoms with van der Waals surface area (Å²) in [5, 5.41) is 0. The minimum atomic E-state index is -0.405. The largest absolute Gasteiger partial charge is 0.494 e. The molecule has 3 aromatic rings. The molecule has 1 aromatic heterocycles. The van der Waals surface area contributed by atoms with Gasteiger partial charge in [-0.2, -0.15) is 0 Å². The molecule has 0 saturated carbocycles. The molecule has 2 aromatic carbocycles. The van der Waals surface area contributed by atoms with Crippen molar-refractivity contribution in [2.24, 2.45) is 0 Å². The van der Waals surface area contributed by atoms with Crippen molar-refractivity contribution in [1.29, 1.82) is 0 Å². The molecule has 0 unspecified atom stereocenters. The summed E-state index contributed by atoms with van der Waals surface area (Å²) in [4.78, 5) is 12.0. The van der Waals surface area contributed by atoms with Crippen LogP contribution in [-0.4, -0.2) is 24.3 Å². The summed E-state index contributed by atoms with van der Waals surface area (Å²) in [6.45, 7) is 6.71. The smallest absolute Gasteiger partial charge is 0.337 e. The standard InChI is InChI=1S/C23H26N2O3/c1-5-28-22-9-6-15(2)10-17(22)12-20-8-7-16(3)25(20)21-13-18(23(26)27-4)11-19(24)14-21/h6-11,13-14H,5,12,24H2,1-4H3. The van der Waals surface area contributed by atoms with Crippen molar-refractivity contribution in [1.82, 2.24) is 4.57 Å². The van der Waals surface area contributed by atoms with Crippen molar-refractivity contribution in [3.8, 4) is 11.4 Å². The van der Waals surface area contributed by atoms with E-state index in [1.165, 1.54) is 12.7 Å². The quantitative estimate of drug-likeness (QED) is 0.508. The third-order valence-corrected chi connectivity index (χ3v) is 4.66. The summed E-state index contributed by atoms with van der Waals surface area (Å²) < 4.78 is 12.8. The molecular weight excluding hydrogens is 352 g/mol. The fraction of sp³-hybridized carbons (Fsp3) is 0.261. The highest BCUT2D eigenvalue weighted by atomic mass is 16.5. The van der Waals surface area contributed by atoms with Crippen molar-refractivity contribution in [3.05, 3.63) is 76.6 Å². The maximum atomic E-state index is 12.0. The fourth-order valence-corrected chi connectivity index (χ4v) is 3.44. The number of nitrogens with two attached hydrogens (primary N) is 1. The summed E-state index contributed by atoms with van der Waals surface area (Å²) in [5.74, 6) is 0.485. The molecule has 0 aliphatic carbocycles. The first-order valence-corrected chi connectivity index (χ1v) is 9.31. The highest BCUT2D eigenvalue weighted by Crippen LogP contribution is 2.27. The third-order valence-electron chi connectivity index (χ3n) is 4.66. The minimum Gasteiger partial charge on any atom is -0.494 e. The Morgan fingerprint density at radius 1 is 1.07 bits per heavy atom. The molecule has 0 aliphatic heterocycles. The van der Waals surface area contributed by atoms with Crippen LogP contribution in [0.4, 0.5) is 5.69 Å². The lowest BCUT2D eigenvalue weighted by molar-refractivity contribution is 0.0600. The monoisotopic (exact) mass is 378 g/mol. The van der Waals surface area contributed by atoms with Gasteiger partial charge in [0, 0.05) is 34.7 Å². The lowest BCUT2D eigenvalue weighted by atomic mass is 10.1. The normalized spacial score (nSPS) is 10.7. The predicted octanol–water partition coefficient (Wildman–Crippen LogP) is 4.45. The summed E-state index contributed by atoms with van der Waals surface area (Å²) in [6.07, 6.45) is 0.702. The average Bonchev–Trinajstić information content (AvgIpc) is 3.03. The number of methoxy groups -OCH3 is 1. The number of benzene rings is 2. The Morgan fingerprint density at radius 2 is 1.86 bits per heavy atom. The number of carbonyl (C=O) groups is 1. The first-order valence-electron chi connectivity index (χ1n) is 9.31. The van der Waals surface area contributed by atoms with Crippen LogP contribution in [0.5, 0.6) is 5.75 Å². The van der Waals surface area contributed by atoms with Gasteiger partial charge in [0.25, 0.3) is 0 Å². The number of ether oxygens (including phenoxy) is 2. The maximum Gasteiger partial charge on any atom is 0.337 e. The van der Waals surface area contributed by atoms with Crippen LogP contribution in [-0.2, 0) is 11.2 Å². The van der Waals surface area contributed by atoms with Gasteiger partial charge in [-0.1, -0.05) is 17.7 Å². The van der Waals surface area contributed by atoms with Crippen LogP contribution >= 0.6 is 0 Å². The molecule has 1 heterocycles. The maximum absolute atomic E-state index is 12.0. The molecule has 0 spiro atoms. The van der Waals surface area contributed by atoms with Gasteiger partial charge in [-0.15, -0.1) is 0 Å². The third kappa shape index (κ3) is 4.03. The molecule has 0 saturated heterocycles. The van der Waals surface area contributed by atoms with Crippen molar-refractivity contribution in [2.75, 3.05) is 19.5 Å². The molecule has 0 radical (unpaired) electrons. The second-order valence-corrected chi connectivity index (χ2v) is 6.83. The molecule has 146 valence electrons. The van der Waals surface area contributed by atoms with Gasteiger partial charge in [0.15, 0.2) is 0 Å². The topological polar surface area (TPSA) is 66.5 Å². The van der Waals surface area contributed by atoms with E-state index < -0.39 is 5.97 Å². The van der Waals surface area contributed by atoms with Gasteiger partial charge in [-0.3, -0.25) is 0 Å². The number of hydrogen-bond acceptors (Lipinski definition) is 4. The molecule has 0 aliphatic rings. The van der Waals surface area contributed by atoms with Gasteiger partial charge in [0.2, 0.25) is 0 Å². The number of rotatable bonds is 6. The van der Waals surface area contributed by atoms with Gasteiger partial charge in [-0.25, -0.2) is 4.79 Å². The van der Waals surface area contributed by atoms with E-state index in [0.29, 0.717) is 24.3 Å². The van der Waals surface area contributed by atoms with Crippen molar-refractivity contribution < 1.29 is 14.3 Å². The molecule has 0 fully saturated rings. The van der Waals surface area contributed by atoms with E-state index in [0.717, 1.165) is 28.4 Å². The van der Waals surface area contributed by atoms with Crippen molar-refractivity contribution in [2.45, 2.75) is 27.2 Å². The number of nitrogen functional groups attached to an aromatic ring is 1. The number of nitrogens with zero attached hydrogens (tertiary/aromatic N) is 1. The van der Waals surface area contributed by atoms with Crippen LogP contribution in [0.25, 0.3) is 5.69 Å². The number of aryl methyl sites for hydroxylation is 2. The molecular formula is C23H26N2O3. The van der Waals surface area contributed by atoms with Gasteiger partial charge >= 0.3 is 5.97 Å². The molecule has 28 heavy (non-hydrogen) atoms. The lowest BCUT2D eigenvalue weighted by Gasteiger charge is -2.16. The van der Waals surface area contributed by atoms with E-state index in [1.54, 1.807) is 12.1 Å². The van der Waals surface area contributed by atoms with Crippen LogP contribution in [0.2, 0.25) is 0 Å². The van der Waals surface area contributed by atoms with Crippen LogP contribution in [0.15, 0.2) is 48.5 Å². The van der Waals surface area contributed by atoms with Gasteiger partial charge in [-0.05, 0) is 57.2 Å². The molecule has 2 N–H and O–H groups in total. The number of esters is 1. The summed E-state index contributed by atoms with van der Waals surface area (Å²) in [5.41, 5.74) is 12.3. The minimum absolute atomic E-state index is 0.405. The van der Waals surface area contributed by atoms with E-state index in [2.05, 4.69) is 35.8 Å². The summed E-state index contributed by atoms with van der Waals surface area (Å²) in [6, 6.07) is 15.7. The summed E-state index contributed by atoms with van der Waals surface area (Å²) >= 11 is 0. The Balaban J connectivity index is 2.06. The van der Waals surface area contributed by atoms with Crippen LogP contribution in [0.3, 0.4) is 0 Å². The second kappa shape index (κ2) is 8.21. The van der Waals surface area contributed by atoms with Crippen LogP contribution < -0.4 is 10.5 Å². The Labute approximate surface area is 165 Å². The second-order valence-electron chi connectivity index (χ2n) is 6.83. The molecule has 0 amide bonds. The predicted molar refractivity (Wildman–Crippen MR) is 111 cm³/mol.